The van der Waals surface area contributed by atoms with Crippen molar-refractivity contribution in [1.82, 2.24) is 4.98 Å². The Labute approximate surface area is 211 Å². The summed E-state index contributed by atoms with van der Waals surface area (Å²) in [5.74, 6) is -2.75. The Morgan fingerprint density at radius 1 is 1.39 bits per heavy atom. The van der Waals surface area contributed by atoms with Gasteiger partial charge in [0.2, 0.25) is 0 Å². The quantitative estimate of drug-likeness (QED) is 0.425. The minimum absolute atomic E-state index is 0.0359. The molecule has 1 fully saturated rings. The van der Waals surface area contributed by atoms with E-state index in [-0.39, 0.29) is 28.8 Å². The van der Waals surface area contributed by atoms with Gasteiger partial charge in [-0.1, -0.05) is 20.3 Å². The van der Waals surface area contributed by atoms with E-state index < -0.39 is 5.92 Å². The summed E-state index contributed by atoms with van der Waals surface area (Å²) in [6.07, 6.45) is 10.5. The topological polar surface area (TPSA) is 86.9 Å². The summed E-state index contributed by atoms with van der Waals surface area (Å²) in [5.41, 5.74) is 3.01. The number of allylic oxidation sites excluding steroid dienone is 1. The molecule has 1 aromatic heterocycles. The van der Waals surface area contributed by atoms with Gasteiger partial charge in [0.05, 0.1) is 23.1 Å². The summed E-state index contributed by atoms with van der Waals surface area (Å²) >= 11 is 0. The number of carbonyl (C=O) groups excluding carboxylic acids is 1. The van der Waals surface area contributed by atoms with Crippen molar-refractivity contribution in [1.29, 1.82) is 0 Å². The molecule has 0 bridgehead atoms. The second-order valence-corrected chi connectivity index (χ2v) is 10.7. The van der Waals surface area contributed by atoms with Crippen LogP contribution in [0.15, 0.2) is 33.0 Å². The highest BCUT2D eigenvalue weighted by Gasteiger charge is 2.33. The summed E-state index contributed by atoms with van der Waals surface area (Å²) in [6, 6.07) is 1.44. The number of anilines is 1. The number of halogens is 2. The summed E-state index contributed by atoms with van der Waals surface area (Å²) in [5, 5.41) is 13.4. The van der Waals surface area contributed by atoms with E-state index in [0.29, 0.717) is 47.8 Å². The molecule has 2 heterocycles. The number of pyridine rings is 1. The number of aromatic nitrogens is 1. The molecule has 8 heteroatoms. The van der Waals surface area contributed by atoms with E-state index in [1.165, 1.54) is 6.07 Å². The molecule has 2 N–H and O–H groups in total. The van der Waals surface area contributed by atoms with Gasteiger partial charge in [-0.25, -0.2) is 4.99 Å². The van der Waals surface area contributed by atoms with Gasteiger partial charge >= 0.3 is 0 Å². The number of rotatable bonds is 7. The highest BCUT2D eigenvalue weighted by atomic mass is 19.3. The molecule has 6 nitrogen and oxygen atoms in total. The van der Waals surface area contributed by atoms with Crippen LogP contribution >= 0.6 is 0 Å². The SMILES string of the molecule is CCC1=C(C(=O)/N=C/C2(C)CCC[C@@H](CNc3cc(C(C)(F)F)nc4c3C=C(O)CC4)C2)C=NC1C. The first-order valence-corrected chi connectivity index (χ1v) is 12.9. The lowest BCUT2D eigenvalue weighted by Crippen LogP contribution is -2.31. The molecule has 2 aliphatic carbocycles. The molecule has 3 atom stereocenters. The Kier molecular flexibility index (Phi) is 7.43. The summed E-state index contributed by atoms with van der Waals surface area (Å²) in [4.78, 5) is 25.6. The van der Waals surface area contributed by atoms with Gasteiger partial charge in [0, 0.05) is 49.0 Å². The van der Waals surface area contributed by atoms with Crippen LogP contribution in [0.3, 0.4) is 0 Å². The Hall–Kier alpha value is -2.90. The predicted octanol–water partition coefficient (Wildman–Crippen LogP) is 6.42. The minimum atomic E-state index is -3.05. The summed E-state index contributed by atoms with van der Waals surface area (Å²) < 4.78 is 28.2. The van der Waals surface area contributed by atoms with E-state index in [9.17, 15) is 18.7 Å². The smallest absolute Gasteiger partial charge is 0.287 e. The first-order valence-electron chi connectivity index (χ1n) is 12.9. The molecule has 3 aliphatic rings. The van der Waals surface area contributed by atoms with E-state index in [1.54, 1.807) is 12.3 Å². The lowest BCUT2D eigenvalue weighted by Gasteiger charge is -2.35. The molecule has 1 aliphatic heterocycles. The molecule has 1 aromatic rings. The lowest BCUT2D eigenvalue weighted by atomic mass is 9.71. The number of nitrogens with zero attached hydrogens (tertiary/aromatic N) is 3. The maximum absolute atomic E-state index is 14.1. The van der Waals surface area contributed by atoms with E-state index in [0.717, 1.165) is 44.6 Å². The third-order valence-corrected chi connectivity index (χ3v) is 7.59. The third kappa shape index (κ3) is 5.73. The Morgan fingerprint density at radius 2 is 2.17 bits per heavy atom. The lowest BCUT2D eigenvalue weighted by molar-refractivity contribution is -0.113. The van der Waals surface area contributed by atoms with Crippen LogP contribution in [-0.2, 0) is 17.1 Å². The van der Waals surface area contributed by atoms with Crippen molar-refractivity contribution in [2.75, 3.05) is 11.9 Å². The number of aliphatic hydroxyl groups is 1. The molecule has 1 saturated carbocycles. The average Bonchev–Trinajstić information content (AvgIpc) is 3.21. The molecular weight excluding hydrogens is 462 g/mol. The van der Waals surface area contributed by atoms with Crippen LogP contribution in [0.1, 0.15) is 83.2 Å². The van der Waals surface area contributed by atoms with Crippen molar-refractivity contribution in [3.05, 3.63) is 39.9 Å². The van der Waals surface area contributed by atoms with Crippen LogP contribution in [0.5, 0.6) is 0 Å². The molecule has 4 rings (SSSR count). The van der Waals surface area contributed by atoms with Crippen LogP contribution in [0, 0.1) is 11.3 Å². The highest BCUT2D eigenvalue weighted by Crippen LogP contribution is 2.39. The maximum Gasteiger partial charge on any atom is 0.287 e. The molecule has 0 spiro atoms. The Morgan fingerprint density at radius 3 is 2.89 bits per heavy atom. The number of fused-ring (bicyclic) bond motifs is 1. The van der Waals surface area contributed by atoms with E-state index in [4.69, 9.17) is 0 Å². The first kappa shape index (κ1) is 26.2. The Balaban J connectivity index is 1.46. The van der Waals surface area contributed by atoms with Gasteiger partial charge in [0.1, 0.15) is 5.69 Å². The van der Waals surface area contributed by atoms with Crippen molar-refractivity contribution in [3.8, 4) is 0 Å². The van der Waals surface area contributed by atoms with Gasteiger partial charge in [0.15, 0.2) is 0 Å². The number of aliphatic imine (C=N–C) groups is 2. The molecular formula is C28H36F2N4O2. The fourth-order valence-corrected chi connectivity index (χ4v) is 5.57. The third-order valence-electron chi connectivity index (χ3n) is 7.59. The second-order valence-electron chi connectivity index (χ2n) is 10.7. The van der Waals surface area contributed by atoms with E-state index in [1.807, 2.05) is 20.1 Å². The van der Waals surface area contributed by atoms with Crippen LogP contribution in [0.2, 0.25) is 0 Å². The normalized spacial score (nSPS) is 26.3. The zero-order chi connectivity index (χ0) is 26.1. The van der Waals surface area contributed by atoms with Crippen LogP contribution in [-0.4, -0.2) is 41.0 Å². The fraction of sp³-hybridized carbons (Fsp3) is 0.571. The van der Waals surface area contributed by atoms with Crippen molar-refractivity contribution in [2.45, 2.75) is 84.6 Å². The minimum Gasteiger partial charge on any atom is -0.512 e. The largest absolute Gasteiger partial charge is 0.512 e. The number of aliphatic hydroxyl groups excluding tert-OH is 1. The van der Waals surface area contributed by atoms with Crippen molar-refractivity contribution < 1.29 is 18.7 Å². The van der Waals surface area contributed by atoms with Gasteiger partial charge in [-0.2, -0.15) is 8.78 Å². The second kappa shape index (κ2) is 10.2. The number of amides is 1. The first-order chi connectivity index (χ1) is 17.0. The van der Waals surface area contributed by atoms with E-state index in [2.05, 4.69) is 27.2 Å². The van der Waals surface area contributed by atoms with Gasteiger partial charge in [-0.05, 0) is 62.7 Å². The van der Waals surface area contributed by atoms with Crippen LogP contribution in [0.4, 0.5) is 14.5 Å². The summed E-state index contributed by atoms with van der Waals surface area (Å²) in [6.45, 7) is 7.60. The maximum atomic E-state index is 14.1. The Bertz CT molecular complexity index is 1150. The number of nitrogens with one attached hydrogen (secondary N) is 1. The predicted molar refractivity (Wildman–Crippen MR) is 140 cm³/mol. The van der Waals surface area contributed by atoms with Gasteiger partial charge in [0.25, 0.3) is 11.8 Å². The van der Waals surface area contributed by atoms with Crippen LogP contribution < -0.4 is 5.32 Å². The average molecular weight is 499 g/mol. The van der Waals surface area contributed by atoms with Crippen molar-refractivity contribution in [2.24, 2.45) is 21.3 Å². The standard InChI is InChI=1S/C28H36F2N4O2/c1-5-20-17(2)31-15-22(20)26(36)33-16-27(3)10-6-7-18(13-27)14-32-24-12-25(28(4,29)30)34-23-9-8-19(35)11-21(23)24/h11-12,15-18,35H,5-10,13-14H2,1-4H3,(H,32,34)/b33-16+/t17?,18-,27?/m1/s1. The van der Waals surface area contributed by atoms with Crippen molar-refractivity contribution in [3.63, 3.8) is 0 Å². The molecule has 2 unspecified atom stereocenters. The van der Waals surface area contributed by atoms with Gasteiger partial charge < -0.3 is 10.4 Å². The number of hydrogen-bond donors (Lipinski definition) is 2. The van der Waals surface area contributed by atoms with Gasteiger partial charge in [-0.3, -0.25) is 14.8 Å². The molecule has 194 valence electrons. The number of alkyl halides is 2. The highest BCUT2D eigenvalue weighted by molar-refractivity contribution is 6.16. The van der Waals surface area contributed by atoms with E-state index >= 15 is 0 Å². The number of carbonyl (C=O) groups is 1. The van der Waals surface area contributed by atoms with Crippen molar-refractivity contribution >= 4 is 30.1 Å². The molecule has 1 amide bonds. The zero-order valence-corrected chi connectivity index (χ0v) is 21.6. The summed E-state index contributed by atoms with van der Waals surface area (Å²) in [7, 11) is 0. The monoisotopic (exact) mass is 498 g/mol. The molecule has 36 heavy (non-hydrogen) atoms. The zero-order valence-electron chi connectivity index (χ0n) is 21.6. The van der Waals surface area contributed by atoms with Crippen LogP contribution in [0.25, 0.3) is 6.08 Å². The molecule has 0 aromatic carbocycles. The number of aryl methyl sites for hydroxylation is 1. The number of hydrogen-bond acceptors (Lipinski definition) is 5. The molecule has 0 radical (unpaired) electrons. The molecule has 0 saturated heterocycles. The fourth-order valence-electron chi connectivity index (χ4n) is 5.57. The van der Waals surface area contributed by atoms with Gasteiger partial charge in [-0.15, -0.1) is 0 Å².